The van der Waals surface area contributed by atoms with E-state index in [2.05, 4.69) is 5.32 Å². The van der Waals surface area contributed by atoms with E-state index in [1.807, 2.05) is 19.1 Å². The molecule has 0 unspecified atom stereocenters. The number of hydrogen-bond donors (Lipinski definition) is 1. The third kappa shape index (κ3) is 3.31. The Balaban J connectivity index is 2.03. The summed E-state index contributed by atoms with van der Waals surface area (Å²) in [4.78, 5) is 0. The number of rotatable bonds is 4. The molecular weight excluding hydrogens is 336 g/mol. The normalized spacial score (nSPS) is 13.1. The van der Waals surface area contributed by atoms with Crippen LogP contribution in [-0.2, 0) is 0 Å². The van der Waals surface area contributed by atoms with Gasteiger partial charge >= 0.3 is 0 Å². The van der Waals surface area contributed by atoms with Crippen molar-refractivity contribution in [1.29, 1.82) is 0 Å². The van der Waals surface area contributed by atoms with Crippen molar-refractivity contribution in [3.05, 3.63) is 57.3 Å². The zero-order valence-electron chi connectivity index (χ0n) is 12.6. The Kier molecular flexibility index (Phi) is 4.79. The number of halogens is 3. The number of anilines is 1. The molecule has 3 rings (SSSR count). The Morgan fingerprint density at radius 3 is 2.78 bits per heavy atom. The van der Waals surface area contributed by atoms with Crippen LogP contribution in [0.3, 0.4) is 0 Å². The largest absolute Gasteiger partial charge is 0.491 e. The monoisotopic (exact) mass is 351 g/mol. The Bertz CT molecular complexity index is 774. The standard InChI is InChI=1S/C18H16Cl2FNO/c1-2-7-23-17-6-5-16(21)14-8-11(10-22-18(14)17)13-4-3-12(19)9-15(13)20/h3-6,8-9,22H,2,7,10H2,1H3. The Labute approximate surface area is 144 Å². The third-order valence-corrected chi connectivity index (χ3v) is 4.21. The Hall–Kier alpha value is -1.71. The lowest BCUT2D eigenvalue weighted by molar-refractivity contribution is 0.318. The van der Waals surface area contributed by atoms with Crippen LogP contribution < -0.4 is 10.1 Å². The minimum absolute atomic E-state index is 0.293. The van der Waals surface area contributed by atoms with Gasteiger partial charge in [-0.15, -0.1) is 0 Å². The van der Waals surface area contributed by atoms with Crippen LogP contribution in [0.15, 0.2) is 30.3 Å². The van der Waals surface area contributed by atoms with Crippen molar-refractivity contribution in [3.63, 3.8) is 0 Å². The van der Waals surface area contributed by atoms with E-state index in [0.29, 0.717) is 40.2 Å². The molecule has 0 atom stereocenters. The lowest BCUT2D eigenvalue weighted by Gasteiger charge is -2.22. The molecule has 0 saturated heterocycles. The fourth-order valence-electron chi connectivity index (χ4n) is 2.56. The third-order valence-electron chi connectivity index (χ3n) is 3.67. The summed E-state index contributed by atoms with van der Waals surface area (Å²) in [7, 11) is 0. The highest BCUT2D eigenvalue weighted by molar-refractivity contribution is 6.35. The van der Waals surface area contributed by atoms with Crippen LogP contribution in [0.25, 0.3) is 11.6 Å². The zero-order chi connectivity index (χ0) is 16.4. The number of benzene rings is 2. The maximum absolute atomic E-state index is 14.2. The van der Waals surface area contributed by atoms with Gasteiger partial charge in [-0.05, 0) is 47.9 Å². The first kappa shape index (κ1) is 16.2. The molecule has 2 aromatic carbocycles. The van der Waals surface area contributed by atoms with E-state index in [1.165, 1.54) is 6.07 Å². The molecule has 0 saturated carbocycles. The van der Waals surface area contributed by atoms with Crippen molar-refractivity contribution < 1.29 is 9.13 Å². The maximum atomic E-state index is 14.2. The van der Waals surface area contributed by atoms with Gasteiger partial charge in [0.05, 0.1) is 12.3 Å². The molecule has 0 aromatic heterocycles. The molecular formula is C18H16Cl2FNO. The minimum Gasteiger partial charge on any atom is -0.491 e. The number of ether oxygens (including phenoxy) is 1. The highest BCUT2D eigenvalue weighted by Crippen LogP contribution is 2.38. The lowest BCUT2D eigenvalue weighted by atomic mass is 9.97. The molecule has 1 aliphatic rings. The van der Waals surface area contributed by atoms with Crippen LogP contribution in [0.4, 0.5) is 10.1 Å². The second kappa shape index (κ2) is 6.81. The zero-order valence-corrected chi connectivity index (χ0v) is 14.1. The molecule has 120 valence electrons. The second-order valence-corrected chi connectivity index (χ2v) is 6.17. The maximum Gasteiger partial charge on any atom is 0.143 e. The molecule has 0 aliphatic carbocycles. The molecule has 1 N–H and O–H groups in total. The van der Waals surface area contributed by atoms with Crippen LogP contribution in [0, 0.1) is 5.82 Å². The van der Waals surface area contributed by atoms with Crippen LogP contribution in [0.5, 0.6) is 5.75 Å². The number of hydrogen-bond acceptors (Lipinski definition) is 2. The summed E-state index contributed by atoms with van der Waals surface area (Å²) >= 11 is 12.2. The molecule has 0 spiro atoms. The van der Waals surface area contributed by atoms with Gasteiger partial charge in [0.15, 0.2) is 0 Å². The summed E-state index contributed by atoms with van der Waals surface area (Å²) in [5, 5.41) is 4.37. The molecule has 0 amide bonds. The number of nitrogens with one attached hydrogen (secondary N) is 1. The van der Waals surface area contributed by atoms with Crippen molar-refractivity contribution in [1.82, 2.24) is 0 Å². The topological polar surface area (TPSA) is 21.3 Å². The molecule has 0 fully saturated rings. The van der Waals surface area contributed by atoms with E-state index in [1.54, 1.807) is 18.2 Å². The first-order chi connectivity index (χ1) is 11.1. The van der Waals surface area contributed by atoms with Gasteiger partial charge < -0.3 is 10.1 Å². The fraction of sp³-hybridized carbons (Fsp3) is 0.222. The summed E-state index contributed by atoms with van der Waals surface area (Å²) in [6, 6.07) is 8.39. The van der Waals surface area contributed by atoms with E-state index in [-0.39, 0.29) is 5.82 Å². The van der Waals surface area contributed by atoms with Crippen LogP contribution in [0.1, 0.15) is 24.5 Å². The lowest BCUT2D eigenvalue weighted by Crippen LogP contribution is -2.13. The smallest absolute Gasteiger partial charge is 0.143 e. The van der Waals surface area contributed by atoms with Gasteiger partial charge in [0.25, 0.3) is 0 Å². The van der Waals surface area contributed by atoms with Crippen molar-refractivity contribution in [2.75, 3.05) is 18.5 Å². The SMILES string of the molecule is CCCOc1ccc(F)c2c1NCC(c1ccc(Cl)cc1Cl)=C2. The summed E-state index contributed by atoms with van der Waals surface area (Å²) in [6.45, 7) is 3.17. The van der Waals surface area contributed by atoms with E-state index in [9.17, 15) is 4.39 Å². The quantitative estimate of drug-likeness (QED) is 0.741. The fourth-order valence-corrected chi connectivity index (χ4v) is 3.09. The van der Waals surface area contributed by atoms with Gasteiger partial charge in [0, 0.05) is 22.2 Å². The molecule has 2 nitrogen and oxygen atoms in total. The first-order valence-corrected chi connectivity index (χ1v) is 8.21. The molecule has 0 bridgehead atoms. The molecule has 5 heteroatoms. The van der Waals surface area contributed by atoms with E-state index >= 15 is 0 Å². The average Bonchev–Trinajstić information content (AvgIpc) is 2.54. The molecule has 23 heavy (non-hydrogen) atoms. The van der Waals surface area contributed by atoms with E-state index < -0.39 is 0 Å². The van der Waals surface area contributed by atoms with Gasteiger partial charge in [-0.1, -0.05) is 36.2 Å². The highest BCUT2D eigenvalue weighted by atomic mass is 35.5. The van der Waals surface area contributed by atoms with Gasteiger partial charge in [-0.3, -0.25) is 0 Å². The predicted octanol–water partition coefficient (Wildman–Crippen LogP) is 5.89. The van der Waals surface area contributed by atoms with Gasteiger partial charge in [-0.2, -0.15) is 0 Å². The average molecular weight is 352 g/mol. The van der Waals surface area contributed by atoms with Crippen LogP contribution >= 0.6 is 23.2 Å². The van der Waals surface area contributed by atoms with Crippen LogP contribution in [0.2, 0.25) is 10.0 Å². The number of fused-ring (bicyclic) bond motifs is 1. The first-order valence-electron chi connectivity index (χ1n) is 7.45. The van der Waals surface area contributed by atoms with Gasteiger partial charge in [0.2, 0.25) is 0 Å². The summed E-state index contributed by atoms with van der Waals surface area (Å²) in [5.41, 5.74) is 2.93. The molecule has 0 radical (unpaired) electrons. The minimum atomic E-state index is -0.293. The van der Waals surface area contributed by atoms with Crippen LogP contribution in [-0.4, -0.2) is 13.2 Å². The summed E-state index contributed by atoms with van der Waals surface area (Å²) < 4.78 is 19.9. The van der Waals surface area contributed by atoms with Crippen molar-refractivity contribution >= 4 is 40.5 Å². The van der Waals surface area contributed by atoms with Crippen molar-refractivity contribution in [2.45, 2.75) is 13.3 Å². The highest BCUT2D eigenvalue weighted by Gasteiger charge is 2.20. The predicted molar refractivity (Wildman–Crippen MR) is 95.0 cm³/mol. The van der Waals surface area contributed by atoms with Crippen molar-refractivity contribution in [2.24, 2.45) is 0 Å². The molecule has 1 aliphatic heterocycles. The van der Waals surface area contributed by atoms with E-state index in [0.717, 1.165) is 17.6 Å². The Morgan fingerprint density at radius 2 is 2.04 bits per heavy atom. The summed E-state index contributed by atoms with van der Waals surface area (Å²) in [5.74, 6) is 0.374. The molecule has 2 aromatic rings. The second-order valence-electron chi connectivity index (χ2n) is 5.33. The van der Waals surface area contributed by atoms with Gasteiger partial charge in [-0.25, -0.2) is 4.39 Å². The van der Waals surface area contributed by atoms with E-state index in [4.69, 9.17) is 27.9 Å². The van der Waals surface area contributed by atoms with Gasteiger partial charge in [0.1, 0.15) is 11.6 Å². The summed E-state index contributed by atoms with van der Waals surface area (Å²) in [6.07, 6.45) is 2.71. The molecule has 1 heterocycles. The Morgan fingerprint density at radius 1 is 1.22 bits per heavy atom. The van der Waals surface area contributed by atoms with Crippen molar-refractivity contribution in [3.8, 4) is 5.75 Å².